The topological polar surface area (TPSA) is 82.1 Å². The molecule has 1 atom stereocenters. The maximum absolute atomic E-state index is 11.1. The van der Waals surface area contributed by atoms with Crippen LogP contribution in [0.4, 0.5) is 0 Å². The second kappa shape index (κ2) is 6.46. The summed E-state index contributed by atoms with van der Waals surface area (Å²) in [6, 6.07) is 10.9. The predicted octanol–water partition coefficient (Wildman–Crippen LogP) is 3.65. The van der Waals surface area contributed by atoms with Crippen LogP contribution in [0.3, 0.4) is 0 Å². The molecule has 7 heteroatoms. The van der Waals surface area contributed by atoms with E-state index < -0.39 is 5.97 Å². The summed E-state index contributed by atoms with van der Waals surface area (Å²) in [5.74, 6) is -0.0851. The number of aromatic amines is 1. The second-order valence-electron chi connectivity index (χ2n) is 6.23. The van der Waals surface area contributed by atoms with Crippen molar-refractivity contribution in [3.63, 3.8) is 0 Å². The number of aromatic nitrogens is 3. The first-order chi connectivity index (χ1) is 12.1. The predicted molar refractivity (Wildman–Crippen MR) is 94.7 cm³/mol. The zero-order valence-electron chi connectivity index (χ0n) is 13.4. The molecule has 3 aromatic rings. The summed E-state index contributed by atoms with van der Waals surface area (Å²) < 4.78 is 0. The third-order valence-electron chi connectivity index (χ3n) is 4.53. The Kier molecular flexibility index (Phi) is 4.15. The molecule has 0 saturated carbocycles. The van der Waals surface area contributed by atoms with Gasteiger partial charge in [-0.2, -0.15) is 0 Å². The van der Waals surface area contributed by atoms with E-state index in [4.69, 9.17) is 21.7 Å². The zero-order chi connectivity index (χ0) is 17.4. The Bertz CT molecular complexity index is 940. The fourth-order valence-corrected chi connectivity index (χ4v) is 3.55. The van der Waals surface area contributed by atoms with Crippen molar-refractivity contribution in [3.8, 4) is 0 Å². The van der Waals surface area contributed by atoms with Gasteiger partial charge in [-0.05, 0) is 49.7 Å². The number of pyridine rings is 1. The molecule has 0 aliphatic carbocycles. The van der Waals surface area contributed by atoms with Gasteiger partial charge in [0.15, 0.2) is 0 Å². The monoisotopic (exact) mass is 356 g/mol. The van der Waals surface area contributed by atoms with Crippen molar-refractivity contribution in [1.82, 2.24) is 19.9 Å². The van der Waals surface area contributed by atoms with Crippen LogP contribution in [0.1, 0.15) is 40.9 Å². The highest BCUT2D eigenvalue weighted by molar-refractivity contribution is 6.31. The third-order valence-corrected chi connectivity index (χ3v) is 4.77. The Morgan fingerprint density at radius 2 is 2.20 bits per heavy atom. The SMILES string of the molecule is O=C(O)c1cccc(CN2CCCC2c2nc3ccc(Cl)cc3[nH]2)n1. The number of imidazole rings is 1. The number of fused-ring (bicyclic) bond motifs is 1. The number of benzene rings is 1. The molecule has 1 aliphatic rings. The normalized spacial score (nSPS) is 18.0. The first kappa shape index (κ1) is 16.1. The summed E-state index contributed by atoms with van der Waals surface area (Å²) in [5.41, 5.74) is 2.66. The van der Waals surface area contributed by atoms with Gasteiger partial charge in [0.1, 0.15) is 11.5 Å². The number of hydrogen-bond acceptors (Lipinski definition) is 4. The number of halogens is 1. The Morgan fingerprint density at radius 1 is 1.32 bits per heavy atom. The molecule has 4 rings (SSSR count). The van der Waals surface area contributed by atoms with Crippen LogP contribution in [-0.4, -0.2) is 37.5 Å². The molecule has 2 aromatic heterocycles. The first-order valence-corrected chi connectivity index (χ1v) is 8.56. The van der Waals surface area contributed by atoms with Crippen molar-refractivity contribution >= 4 is 28.6 Å². The van der Waals surface area contributed by atoms with Gasteiger partial charge in [-0.3, -0.25) is 4.90 Å². The van der Waals surface area contributed by atoms with Gasteiger partial charge in [-0.1, -0.05) is 17.7 Å². The number of H-pyrrole nitrogens is 1. The number of carboxylic acids is 1. The van der Waals surface area contributed by atoms with E-state index in [1.54, 1.807) is 6.07 Å². The molecule has 1 aliphatic heterocycles. The largest absolute Gasteiger partial charge is 0.477 e. The number of carboxylic acid groups (broad SMARTS) is 1. The molecule has 25 heavy (non-hydrogen) atoms. The van der Waals surface area contributed by atoms with Gasteiger partial charge < -0.3 is 10.1 Å². The van der Waals surface area contributed by atoms with Crippen LogP contribution < -0.4 is 0 Å². The maximum Gasteiger partial charge on any atom is 0.354 e. The average Bonchev–Trinajstić information content (AvgIpc) is 3.20. The first-order valence-electron chi connectivity index (χ1n) is 8.18. The molecule has 128 valence electrons. The van der Waals surface area contributed by atoms with Gasteiger partial charge in [0.2, 0.25) is 0 Å². The minimum Gasteiger partial charge on any atom is -0.477 e. The van der Waals surface area contributed by atoms with E-state index in [0.717, 1.165) is 41.9 Å². The lowest BCUT2D eigenvalue weighted by molar-refractivity contribution is 0.0690. The van der Waals surface area contributed by atoms with Crippen molar-refractivity contribution in [1.29, 1.82) is 0 Å². The number of aromatic carboxylic acids is 1. The van der Waals surface area contributed by atoms with Gasteiger partial charge in [-0.15, -0.1) is 0 Å². The summed E-state index contributed by atoms with van der Waals surface area (Å²) >= 11 is 6.05. The molecule has 2 N–H and O–H groups in total. The van der Waals surface area contributed by atoms with E-state index in [2.05, 4.69) is 14.9 Å². The van der Waals surface area contributed by atoms with Crippen LogP contribution in [0, 0.1) is 0 Å². The quantitative estimate of drug-likeness (QED) is 0.745. The molecule has 1 aromatic carbocycles. The Hall–Kier alpha value is -2.44. The van der Waals surface area contributed by atoms with Crippen molar-refractivity contribution in [3.05, 3.63) is 58.6 Å². The summed E-state index contributed by atoms with van der Waals surface area (Å²) in [5, 5.41) is 9.78. The van der Waals surface area contributed by atoms with E-state index in [9.17, 15) is 4.79 Å². The van der Waals surface area contributed by atoms with E-state index in [1.165, 1.54) is 6.07 Å². The van der Waals surface area contributed by atoms with Crippen molar-refractivity contribution < 1.29 is 9.90 Å². The molecule has 3 heterocycles. The molecular weight excluding hydrogens is 340 g/mol. The van der Waals surface area contributed by atoms with Gasteiger partial charge in [0.25, 0.3) is 0 Å². The number of carbonyl (C=O) groups is 1. The van der Waals surface area contributed by atoms with Crippen LogP contribution in [0.5, 0.6) is 0 Å². The fraction of sp³-hybridized carbons (Fsp3) is 0.278. The summed E-state index contributed by atoms with van der Waals surface area (Å²) in [4.78, 5) is 25.7. The van der Waals surface area contributed by atoms with Gasteiger partial charge in [0, 0.05) is 11.6 Å². The molecule has 1 unspecified atom stereocenters. The maximum atomic E-state index is 11.1. The highest BCUT2D eigenvalue weighted by atomic mass is 35.5. The average molecular weight is 357 g/mol. The lowest BCUT2D eigenvalue weighted by Crippen LogP contribution is -2.24. The van der Waals surface area contributed by atoms with Gasteiger partial charge in [-0.25, -0.2) is 14.8 Å². The highest BCUT2D eigenvalue weighted by Crippen LogP contribution is 2.32. The van der Waals surface area contributed by atoms with Crippen molar-refractivity contribution in [2.75, 3.05) is 6.54 Å². The van der Waals surface area contributed by atoms with Crippen LogP contribution in [0.15, 0.2) is 36.4 Å². The Morgan fingerprint density at radius 3 is 3.04 bits per heavy atom. The van der Waals surface area contributed by atoms with Crippen LogP contribution in [0.25, 0.3) is 11.0 Å². The number of rotatable bonds is 4. The minimum atomic E-state index is -1.01. The zero-order valence-corrected chi connectivity index (χ0v) is 14.2. The van der Waals surface area contributed by atoms with Crippen LogP contribution in [0.2, 0.25) is 5.02 Å². The molecule has 6 nitrogen and oxygen atoms in total. The highest BCUT2D eigenvalue weighted by Gasteiger charge is 2.29. The molecule has 1 fully saturated rings. The summed E-state index contributed by atoms with van der Waals surface area (Å²) in [6.07, 6.45) is 2.08. The number of nitrogens with one attached hydrogen (secondary N) is 1. The Labute approximate surface area is 149 Å². The fourth-order valence-electron chi connectivity index (χ4n) is 3.38. The molecule has 0 spiro atoms. The van der Waals surface area contributed by atoms with E-state index in [1.807, 2.05) is 24.3 Å². The van der Waals surface area contributed by atoms with Gasteiger partial charge in [0.05, 0.1) is 22.8 Å². The van der Waals surface area contributed by atoms with Crippen molar-refractivity contribution in [2.45, 2.75) is 25.4 Å². The van der Waals surface area contributed by atoms with Crippen LogP contribution >= 0.6 is 11.6 Å². The molecule has 1 saturated heterocycles. The summed E-state index contributed by atoms with van der Waals surface area (Å²) in [6.45, 7) is 1.53. The lowest BCUT2D eigenvalue weighted by Gasteiger charge is -2.22. The lowest BCUT2D eigenvalue weighted by atomic mass is 10.2. The van der Waals surface area contributed by atoms with Crippen LogP contribution in [-0.2, 0) is 6.54 Å². The second-order valence-corrected chi connectivity index (χ2v) is 6.67. The minimum absolute atomic E-state index is 0.0756. The van der Waals surface area contributed by atoms with E-state index in [0.29, 0.717) is 11.6 Å². The molecule has 0 amide bonds. The van der Waals surface area contributed by atoms with Crippen molar-refractivity contribution in [2.24, 2.45) is 0 Å². The standard InChI is InChI=1S/C18H17ClN4O2/c19-11-6-7-13-15(9-11)22-17(21-13)16-5-2-8-23(16)10-12-3-1-4-14(20-12)18(24)25/h1,3-4,6-7,9,16H,2,5,8,10H2,(H,21,22)(H,24,25). The third kappa shape index (κ3) is 3.23. The molecular formula is C18H17ClN4O2. The van der Waals surface area contributed by atoms with E-state index in [-0.39, 0.29) is 11.7 Å². The molecule has 0 bridgehead atoms. The van der Waals surface area contributed by atoms with E-state index >= 15 is 0 Å². The number of hydrogen-bond donors (Lipinski definition) is 2. The number of likely N-dealkylation sites (tertiary alicyclic amines) is 1. The summed E-state index contributed by atoms with van der Waals surface area (Å²) in [7, 11) is 0. The smallest absolute Gasteiger partial charge is 0.354 e. The van der Waals surface area contributed by atoms with Gasteiger partial charge >= 0.3 is 5.97 Å². The molecule has 0 radical (unpaired) electrons. The number of nitrogens with zero attached hydrogens (tertiary/aromatic N) is 3. The Balaban J connectivity index is 1.59.